The number of fused-ring (bicyclic) bond motifs is 1. The van der Waals surface area contributed by atoms with Gasteiger partial charge in [-0.25, -0.2) is 0 Å². The Hall–Kier alpha value is -1.84. The van der Waals surface area contributed by atoms with Gasteiger partial charge in [0.2, 0.25) is 11.8 Å². The SMILES string of the molecule is C[C@H]1c2ccccc2[C@H](C)N1C(=O)C1CCCN(C(=O)C2CC2)C1. The zero-order valence-corrected chi connectivity index (χ0v) is 14.6. The van der Waals surface area contributed by atoms with Crippen LogP contribution >= 0.6 is 0 Å². The summed E-state index contributed by atoms with van der Waals surface area (Å²) in [5, 5.41) is 0. The molecule has 2 fully saturated rings. The van der Waals surface area contributed by atoms with Crippen molar-refractivity contribution in [3.8, 4) is 0 Å². The Kier molecular flexibility index (Phi) is 3.86. The van der Waals surface area contributed by atoms with Gasteiger partial charge in [0, 0.05) is 19.0 Å². The molecule has 0 N–H and O–H groups in total. The van der Waals surface area contributed by atoms with E-state index in [4.69, 9.17) is 0 Å². The Bertz CT molecular complexity index is 638. The first-order chi connectivity index (χ1) is 11.6. The maximum absolute atomic E-state index is 13.2. The van der Waals surface area contributed by atoms with E-state index in [2.05, 4.69) is 26.0 Å². The molecule has 0 spiro atoms. The summed E-state index contributed by atoms with van der Waals surface area (Å²) < 4.78 is 0. The van der Waals surface area contributed by atoms with Crippen LogP contribution < -0.4 is 0 Å². The molecule has 3 atom stereocenters. The van der Waals surface area contributed by atoms with Crippen LogP contribution in [0.4, 0.5) is 0 Å². The minimum absolute atomic E-state index is 0.0411. The van der Waals surface area contributed by atoms with Gasteiger partial charge in [-0.05, 0) is 50.7 Å². The molecule has 2 heterocycles. The van der Waals surface area contributed by atoms with Crippen molar-refractivity contribution in [1.29, 1.82) is 0 Å². The molecular formula is C20H26N2O2. The van der Waals surface area contributed by atoms with E-state index in [0.29, 0.717) is 6.54 Å². The largest absolute Gasteiger partial charge is 0.342 e. The minimum Gasteiger partial charge on any atom is -0.342 e. The average Bonchev–Trinajstić information content (AvgIpc) is 3.42. The van der Waals surface area contributed by atoms with E-state index in [1.165, 1.54) is 11.1 Å². The Labute approximate surface area is 143 Å². The monoisotopic (exact) mass is 326 g/mol. The third kappa shape index (κ3) is 2.52. The van der Waals surface area contributed by atoms with Crippen molar-refractivity contribution >= 4 is 11.8 Å². The van der Waals surface area contributed by atoms with Crippen LogP contribution in [0.25, 0.3) is 0 Å². The van der Waals surface area contributed by atoms with Gasteiger partial charge in [0.15, 0.2) is 0 Å². The lowest BCUT2D eigenvalue weighted by atomic mass is 9.95. The molecule has 0 radical (unpaired) electrons. The average molecular weight is 326 g/mol. The Morgan fingerprint density at radius 2 is 1.54 bits per heavy atom. The Balaban J connectivity index is 1.50. The van der Waals surface area contributed by atoms with Crippen molar-refractivity contribution < 1.29 is 9.59 Å². The first-order valence-corrected chi connectivity index (χ1v) is 9.27. The molecule has 1 aliphatic carbocycles. The summed E-state index contributed by atoms with van der Waals surface area (Å²) in [5.74, 6) is 0.700. The normalized spacial score (nSPS) is 29.5. The number of carbonyl (C=O) groups excluding carboxylic acids is 2. The first-order valence-electron chi connectivity index (χ1n) is 9.27. The van der Waals surface area contributed by atoms with Crippen LogP contribution in [-0.2, 0) is 9.59 Å². The Morgan fingerprint density at radius 3 is 2.12 bits per heavy atom. The van der Waals surface area contributed by atoms with Crippen molar-refractivity contribution in [1.82, 2.24) is 9.80 Å². The standard InChI is InChI=1S/C20H26N2O2/c1-13-17-7-3-4-8-18(17)14(2)22(13)20(24)16-6-5-11-21(12-16)19(23)15-9-10-15/h3-4,7-8,13-16H,5-6,9-12H2,1-2H3/t13-,14-,16?/m0/s1. The van der Waals surface area contributed by atoms with Gasteiger partial charge in [-0.1, -0.05) is 24.3 Å². The second kappa shape index (κ2) is 5.91. The van der Waals surface area contributed by atoms with Crippen LogP contribution in [0.3, 0.4) is 0 Å². The van der Waals surface area contributed by atoms with Crippen LogP contribution in [0.2, 0.25) is 0 Å². The summed E-state index contributed by atoms with van der Waals surface area (Å²) in [7, 11) is 0. The molecule has 0 bridgehead atoms. The molecule has 1 unspecified atom stereocenters. The summed E-state index contributed by atoms with van der Waals surface area (Å²) in [5.41, 5.74) is 2.53. The van der Waals surface area contributed by atoms with E-state index >= 15 is 0 Å². The smallest absolute Gasteiger partial charge is 0.228 e. The summed E-state index contributed by atoms with van der Waals surface area (Å²) in [6, 6.07) is 8.61. The van der Waals surface area contributed by atoms with E-state index in [9.17, 15) is 9.59 Å². The quantitative estimate of drug-likeness (QED) is 0.837. The Morgan fingerprint density at radius 1 is 0.917 bits per heavy atom. The predicted octanol–water partition coefficient (Wildman–Crippen LogP) is 3.30. The lowest BCUT2D eigenvalue weighted by Crippen LogP contribution is -2.47. The second-order valence-corrected chi connectivity index (χ2v) is 7.62. The number of piperidine rings is 1. The van der Waals surface area contributed by atoms with Crippen molar-refractivity contribution in [2.24, 2.45) is 11.8 Å². The van der Waals surface area contributed by atoms with E-state index in [0.717, 1.165) is 32.2 Å². The van der Waals surface area contributed by atoms with E-state index < -0.39 is 0 Å². The van der Waals surface area contributed by atoms with Crippen LogP contribution in [0.5, 0.6) is 0 Å². The number of hydrogen-bond donors (Lipinski definition) is 0. The van der Waals surface area contributed by atoms with Crippen molar-refractivity contribution in [2.45, 2.75) is 51.6 Å². The molecule has 128 valence electrons. The molecule has 0 aromatic heterocycles. The van der Waals surface area contributed by atoms with Crippen LogP contribution in [0.1, 0.15) is 62.7 Å². The molecule has 4 heteroatoms. The third-order valence-electron chi connectivity index (χ3n) is 5.99. The maximum atomic E-state index is 13.2. The molecule has 24 heavy (non-hydrogen) atoms. The number of nitrogens with zero attached hydrogens (tertiary/aromatic N) is 2. The van der Waals surface area contributed by atoms with Gasteiger partial charge < -0.3 is 9.80 Å². The minimum atomic E-state index is -0.0411. The molecule has 3 aliphatic rings. The van der Waals surface area contributed by atoms with E-state index in [-0.39, 0.29) is 35.7 Å². The van der Waals surface area contributed by atoms with Gasteiger partial charge in [-0.15, -0.1) is 0 Å². The molecule has 2 aliphatic heterocycles. The molecule has 1 aromatic rings. The van der Waals surface area contributed by atoms with Gasteiger partial charge in [0.25, 0.3) is 0 Å². The molecule has 1 saturated carbocycles. The number of rotatable bonds is 2. The third-order valence-corrected chi connectivity index (χ3v) is 5.99. The zero-order chi connectivity index (χ0) is 16.8. The molecule has 4 nitrogen and oxygen atoms in total. The number of amides is 2. The summed E-state index contributed by atoms with van der Waals surface area (Å²) in [6.45, 7) is 5.68. The van der Waals surface area contributed by atoms with E-state index in [1.54, 1.807) is 0 Å². The predicted molar refractivity (Wildman–Crippen MR) is 92.1 cm³/mol. The highest BCUT2D eigenvalue weighted by Crippen LogP contribution is 2.43. The number of benzene rings is 1. The van der Waals surface area contributed by atoms with Crippen molar-refractivity contribution in [3.05, 3.63) is 35.4 Å². The molecular weight excluding hydrogens is 300 g/mol. The van der Waals surface area contributed by atoms with Gasteiger partial charge in [-0.3, -0.25) is 9.59 Å². The topological polar surface area (TPSA) is 40.6 Å². The molecule has 2 amide bonds. The lowest BCUT2D eigenvalue weighted by molar-refractivity contribution is -0.144. The number of hydrogen-bond acceptors (Lipinski definition) is 2. The highest BCUT2D eigenvalue weighted by Gasteiger charge is 2.41. The molecule has 1 saturated heterocycles. The molecule has 1 aromatic carbocycles. The lowest BCUT2D eigenvalue weighted by Gasteiger charge is -2.36. The fourth-order valence-corrected chi connectivity index (χ4v) is 4.47. The van der Waals surface area contributed by atoms with Crippen molar-refractivity contribution in [2.75, 3.05) is 13.1 Å². The van der Waals surface area contributed by atoms with Crippen molar-refractivity contribution in [3.63, 3.8) is 0 Å². The van der Waals surface area contributed by atoms with Gasteiger partial charge in [-0.2, -0.15) is 0 Å². The first kappa shape index (κ1) is 15.7. The van der Waals surface area contributed by atoms with Crippen LogP contribution in [0.15, 0.2) is 24.3 Å². The fourth-order valence-electron chi connectivity index (χ4n) is 4.47. The van der Waals surface area contributed by atoms with Gasteiger partial charge in [0.1, 0.15) is 0 Å². The zero-order valence-electron chi connectivity index (χ0n) is 14.6. The van der Waals surface area contributed by atoms with Gasteiger partial charge >= 0.3 is 0 Å². The van der Waals surface area contributed by atoms with Crippen LogP contribution in [-0.4, -0.2) is 34.7 Å². The highest BCUT2D eigenvalue weighted by molar-refractivity contribution is 5.84. The summed E-state index contributed by atoms with van der Waals surface area (Å²) >= 11 is 0. The van der Waals surface area contributed by atoms with E-state index in [1.807, 2.05) is 21.9 Å². The summed E-state index contributed by atoms with van der Waals surface area (Å²) in [4.78, 5) is 29.6. The highest BCUT2D eigenvalue weighted by atomic mass is 16.2. The maximum Gasteiger partial charge on any atom is 0.228 e. The second-order valence-electron chi connectivity index (χ2n) is 7.62. The van der Waals surface area contributed by atoms with Crippen LogP contribution in [0, 0.1) is 11.8 Å². The fraction of sp³-hybridized carbons (Fsp3) is 0.600. The van der Waals surface area contributed by atoms with Gasteiger partial charge in [0.05, 0.1) is 18.0 Å². The number of carbonyl (C=O) groups is 2. The molecule has 4 rings (SSSR count). The number of likely N-dealkylation sites (tertiary alicyclic amines) is 1. The summed E-state index contributed by atoms with van der Waals surface area (Å²) in [6.07, 6.45) is 3.91.